The summed E-state index contributed by atoms with van der Waals surface area (Å²) >= 11 is 3.74. The summed E-state index contributed by atoms with van der Waals surface area (Å²) in [5.41, 5.74) is 2.66. The molecule has 2 nitrogen and oxygen atoms in total. The van der Waals surface area contributed by atoms with E-state index in [0.717, 1.165) is 49.4 Å². The Labute approximate surface area is 171 Å². The van der Waals surface area contributed by atoms with Gasteiger partial charge in [-0.1, -0.05) is 64.5 Å². The Morgan fingerprint density at radius 2 is 1.96 bits per heavy atom. The molecule has 0 heterocycles. The van der Waals surface area contributed by atoms with Crippen LogP contribution in [0.5, 0.6) is 0 Å². The van der Waals surface area contributed by atoms with Crippen LogP contribution in [0.2, 0.25) is 0 Å². The molecule has 4 aliphatic carbocycles. The summed E-state index contributed by atoms with van der Waals surface area (Å²) < 4.78 is 7.59. The molecule has 0 bridgehead atoms. The minimum Gasteiger partial charge on any atom is -0.370 e. The fourth-order valence-corrected chi connectivity index (χ4v) is 4.77. The van der Waals surface area contributed by atoms with Gasteiger partial charge in [0.25, 0.3) is 0 Å². The zero-order chi connectivity index (χ0) is 18.5. The van der Waals surface area contributed by atoms with Gasteiger partial charge in [-0.25, -0.2) is 0 Å². The van der Waals surface area contributed by atoms with Crippen LogP contribution < -0.4 is 0 Å². The minimum atomic E-state index is 0.134. The van der Waals surface area contributed by atoms with Crippen molar-refractivity contribution in [1.82, 2.24) is 4.90 Å². The summed E-state index contributed by atoms with van der Waals surface area (Å²) in [6, 6.07) is 0.368. The first kappa shape index (κ1) is 18.8. The van der Waals surface area contributed by atoms with E-state index in [1.54, 1.807) is 0 Å². The van der Waals surface area contributed by atoms with Crippen molar-refractivity contribution in [3.05, 3.63) is 82.7 Å². The number of halogens is 1. The molecule has 0 aromatic rings. The van der Waals surface area contributed by atoms with Gasteiger partial charge in [0, 0.05) is 22.3 Å². The highest BCUT2D eigenvalue weighted by molar-refractivity contribution is 9.11. The van der Waals surface area contributed by atoms with Gasteiger partial charge < -0.3 is 9.64 Å². The fraction of sp³-hybridized carbons (Fsp3) is 0.417. The molecule has 0 aliphatic heterocycles. The van der Waals surface area contributed by atoms with Crippen LogP contribution in [-0.4, -0.2) is 23.1 Å². The molecule has 0 saturated heterocycles. The fourth-order valence-electron chi connectivity index (χ4n) is 4.21. The van der Waals surface area contributed by atoms with Gasteiger partial charge in [0.2, 0.25) is 0 Å². The van der Waals surface area contributed by atoms with Crippen molar-refractivity contribution in [2.45, 2.75) is 63.2 Å². The van der Waals surface area contributed by atoms with E-state index in [2.05, 4.69) is 87.7 Å². The second-order valence-corrected chi connectivity index (χ2v) is 8.48. The van der Waals surface area contributed by atoms with Gasteiger partial charge in [-0.3, -0.25) is 0 Å². The Balaban J connectivity index is 1.55. The Morgan fingerprint density at radius 3 is 2.70 bits per heavy atom. The van der Waals surface area contributed by atoms with Gasteiger partial charge >= 0.3 is 0 Å². The Hall–Kier alpha value is -1.58. The topological polar surface area (TPSA) is 12.5 Å². The first-order valence-electron chi connectivity index (χ1n) is 10.2. The van der Waals surface area contributed by atoms with Crippen LogP contribution in [0, 0.1) is 0 Å². The number of allylic oxidation sites excluding steroid dienone is 8. The van der Waals surface area contributed by atoms with E-state index in [9.17, 15) is 0 Å². The van der Waals surface area contributed by atoms with E-state index in [0.29, 0.717) is 12.1 Å². The SMILES string of the molecule is BrC1=CC(OC2CC=CCC2)CC(N(C2=CCCC=C2)C2C=CC=CC2)=C1. The van der Waals surface area contributed by atoms with Gasteiger partial charge in [-0.15, -0.1) is 0 Å². The van der Waals surface area contributed by atoms with Crippen molar-refractivity contribution < 1.29 is 4.74 Å². The average molecular weight is 426 g/mol. The normalized spacial score (nSPS) is 30.0. The van der Waals surface area contributed by atoms with Crippen LogP contribution in [0.3, 0.4) is 0 Å². The van der Waals surface area contributed by atoms with E-state index in [1.165, 1.54) is 11.4 Å². The standard InChI is InChI=1S/C24H28BrNO/c25-19-16-22(18-24(17-19)27-23-14-8-3-9-15-23)26(20-10-4-1-5-11-20)21-12-6-2-7-13-21/h1,3-6,8,10,12-13,16-17,20,23-24H,2,7,9,11,14-15,18H2. The highest BCUT2D eigenvalue weighted by Crippen LogP contribution is 2.34. The third-order valence-electron chi connectivity index (χ3n) is 5.50. The first-order valence-corrected chi connectivity index (χ1v) is 11.0. The highest BCUT2D eigenvalue weighted by Gasteiger charge is 2.27. The molecule has 0 saturated carbocycles. The third-order valence-corrected chi connectivity index (χ3v) is 5.99. The van der Waals surface area contributed by atoms with Crippen LogP contribution in [0.25, 0.3) is 0 Å². The monoisotopic (exact) mass is 425 g/mol. The van der Waals surface area contributed by atoms with Crippen molar-refractivity contribution in [2.24, 2.45) is 0 Å². The lowest BCUT2D eigenvalue weighted by Gasteiger charge is -2.38. The van der Waals surface area contributed by atoms with Crippen molar-refractivity contribution in [1.29, 1.82) is 0 Å². The van der Waals surface area contributed by atoms with E-state index in [-0.39, 0.29) is 6.10 Å². The summed E-state index contributed by atoms with van der Waals surface area (Å²) in [6.07, 6.45) is 32.9. The maximum atomic E-state index is 6.46. The molecule has 27 heavy (non-hydrogen) atoms. The maximum Gasteiger partial charge on any atom is 0.0828 e. The summed E-state index contributed by atoms with van der Waals surface area (Å²) in [4.78, 5) is 2.51. The third kappa shape index (κ3) is 4.83. The quantitative estimate of drug-likeness (QED) is 0.468. The van der Waals surface area contributed by atoms with Crippen molar-refractivity contribution >= 4 is 15.9 Å². The molecule has 0 N–H and O–H groups in total. The van der Waals surface area contributed by atoms with Crippen molar-refractivity contribution in [3.8, 4) is 0 Å². The summed E-state index contributed by atoms with van der Waals surface area (Å²) in [7, 11) is 0. The molecular weight excluding hydrogens is 398 g/mol. The summed E-state index contributed by atoms with van der Waals surface area (Å²) in [5, 5.41) is 0. The van der Waals surface area contributed by atoms with Crippen LogP contribution >= 0.6 is 15.9 Å². The highest BCUT2D eigenvalue weighted by atomic mass is 79.9. The first-order chi connectivity index (χ1) is 13.3. The molecule has 0 radical (unpaired) electrons. The lowest BCUT2D eigenvalue weighted by Crippen LogP contribution is -2.36. The lowest BCUT2D eigenvalue weighted by molar-refractivity contribution is 0.00564. The number of hydrogen-bond acceptors (Lipinski definition) is 2. The number of hydrogen-bond donors (Lipinski definition) is 0. The van der Waals surface area contributed by atoms with E-state index >= 15 is 0 Å². The van der Waals surface area contributed by atoms with Crippen LogP contribution in [0.1, 0.15) is 44.9 Å². The van der Waals surface area contributed by atoms with Crippen molar-refractivity contribution in [3.63, 3.8) is 0 Å². The molecule has 4 rings (SSSR count). The Kier molecular flexibility index (Phi) is 6.31. The number of nitrogens with zero attached hydrogens (tertiary/aromatic N) is 1. The average Bonchev–Trinajstić information content (AvgIpc) is 2.70. The van der Waals surface area contributed by atoms with Crippen LogP contribution in [0.15, 0.2) is 82.7 Å². The van der Waals surface area contributed by atoms with Gasteiger partial charge in [-0.2, -0.15) is 0 Å². The minimum absolute atomic E-state index is 0.134. The largest absolute Gasteiger partial charge is 0.370 e. The molecule has 0 aromatic carbocycles. The molecule has 3 unspecified atom stereocenters. The predicted octanol–water partition coefficient (Wildman–Crippen LogP) is 6.47. The number of rotatable bonds is 5. The molecule has 142 valence electrons. The Bertz CT molecular complexity index is 752. The van der Waals surface area contributed by atoms with Crippen LogP contribution in [-0.2, 0) is 4.74 Å². The zero-order valence-electron chi connectivity index (χ0n) is 15.8. The second kappa shape index (κ2) is 9.07. The van der Waals surface area contributed by atoms with Gasteiger partial charge in [0.1, 0.15) is 0 Å². The molecule has 0 aromatic heterocycles. The van der Waals surface area contributed by atoms with Gasteiger partial charge in [0.05, 0.1) is 18.2 Å². The second-order valence-electron chi connectivity index (χ2n) is 7.57. The van der Waals surface area contributed by atoms with Gasteiger partial charge in [-0.05, 0) is 56.8 Å². The molecule has 0 fully saturated rings. The molecule has 4 aliphatic rings. The number of ether oxygens (including phenoxy) is 1. The Morgan fingerprint density at radius 1 is 1.00 bits per heavy atom. The summed E-state index contributed by atoms with van der Waals surface area (Å²) in [5.74, 6) is 0. The lowest BCUT2D eigenvalue weighted by atomic mass is 9.98. The molecule has 3 atom stereocenters. The van der Waals surface area contributed by atoms with Crippen molar-refractivity contribution in [2.75, 3.05) is 0 Å². The van der Waals surface area contributed by atoms with E-state index < -0.39 is 0 Å². The van der Waals surface area contributed by atoms with Gasteiger partial charge in [0.15, 0.2) is 0 Å². The maximum absolute atomic E-state index is 6.46. The predicted molar refractivity (Wildman–Crippen MR) is 116 cm³/mol. The molecule has 3 heteroatoms. The van der Waals surface area contributed by atoms with E-state index in [4.69, 9.17) is 4.74 Å². The van der Waals surface area contributed by atoms with Crippen LogP contribution in [0.4, 0.5) is 0 Å². The molecular formula is C24H28BrNO. The van der Waals surface area contributed by atoms with E-state index in [1.807, 2.05) is 0 Å². The molecule has 0 amide bonds. The summed E-state index contributed by atoms with van der Waals surface area (Å²) in [6.45, 7) is 0. The smallest absolute Gasteiger partial charge is 0.0828 e. The molecule has 0 spiro atoms. The zero-order valence-corrected chi connectivity index (χ0v) is 17.4.